The third-order valence-electron chi connectivity index (χ3n) is 2.07. The van der Waals surface area contributed by atoms with E-state index in [2.05, 4.69) is 11.6 Å². The minimum absolute atomic E-state index is 0. The molecule has 1 heterocycles. The van der Waals surface area contributed by atoms with Crippen molar-refractivity contribution in [2.75, 3.05) is 18.1 Å². The van der Waals surface area contributed by atoms with Crippen LogP contribution in [0.2, 0.25) is 0 Å². The van der Waals surface area contributed by atoms with Crippen LogP contribution in [0.5, 0.6) is 0 Å². The fourth-order valence-electron chi connectivity index (χ4n) is 1.30. The number of esters is 1. The Morgan fingerprint density at radius 3 is 3.11 bits per heavy atom. The Balaban J connectivity index is 0.00000180. The fraction of sp³-hybridized carbons (Fsp3) is 0.167. The Labute approximate surface area is 118 Å². The van der Waals surface area contributed by atoms with Crippen molar-refractivity contribution in [3.63, 3.8) is 0 Å². The molecule has 0 spiro atoms. The number of ether oxygens (including phenoxy) is 1. The summed E-state index contributed by atoms with van der Waals surface area (Å²) in [5, 5.41) is 0. The number of hydrogen-bond acceptors (Lipinski definition) is 6. The van der Waals surface area contributed by atoms with Crippen molar-refractivity contribution in [1.29, 1.82) is 0 Å². The summed E-state index contributed by atoms with van der Waals surface area (Å²) in [5.41, 5.74) is 7.31. The highest BCUT2D eigenvalue weighted by molar-refractivity contribution is 8.01. The number of anilines is 1. The molecule has 19 heavy (non-hydrogen) atoms. The van der Waals surface area contributed by atoms with Gasteiger partial charge in [0.1, 0.15) is 6.61 Å². The first-order chi connectivity index (χ1) is 8.69. The van der Waals surface area contributed by atoms with Crippen LogP contribution in [0.3, 0.4) is 0 Å². The minimum atomic E-state index is -0.265. The van der Waals surface area contributed by atoms with E-state index >= 15 is 0 Å². The van der Waals surface area contributed by atoms with Gasteiger partial charge in [0.15, 0.2) is 4.34 Å². The molecule has 2 rings (SSSR count). The summed E-state index contributed by atoms with van der Waals surface area (Å²) in [7, 11) is 0. The number of hydrogen-bond donors (Lipinski definition) is 1. The summed E-state index contributed by atoms with van der Waals surface area (Å²) in [6.07, 6.45) is 1.54. The number of nitrogens with zero attached hydrogens (tertiary/aromatic N) is 1. The van der Waals surface area contributed by atoms with Crippen LogP contribution >= 0.6 is 23.1 Å². The molecule has 7 heteroatoms. The van der Waals surface area contributed by atoms with E-state index in [0.29, 0.717) is 5.69 Å². The zero-order valence-corrected chi connectivity index (χ0v) is 11.7. The molecule has 0 bridgehead atoms. The molecule has 1 aromatic heterocycles. The van der Waals surface area contributed by atoms with Gasteiger partial charge in [-0.2, -0.15) is 0 Å². The highest BCUT2D eigenvalue weighted by Crippen LogP contribution is 2.30. The number of aromatic nitrogens is 1. The predicted molar refractivity (Wildman–Crippen MR) is 79.5 cm³/mol. The van der Waals surface area contributed by atoms with Gasteiger partial charge >= 0.3 is 5.97 Å². The number of fused-ring (bicyclic) bond motifs is 1. The lowest BCUT2D eigenvalue weighted by atomic mass is 10.3. The molecule has 0 radical (unpaired) electrons. The second-order valence-electron chi connectivity index (χ2n) is 3.47. The molecule has 0 saturated heterocycles. The molecule has 0 aliphatic heterocycles. The quantitative estimate of drug-likeness (QED) is 0.393. The summed E-state index contributed by atoms with van der Waals surface area (Å²) in [5.74, 6) is -0.0120. The zero-order valence-electron chi connectivity index (χ0n) is 10.1. The summed E-state index contributed by atoms with van der Waals surface area (Å²) >= 11 is 2.89. The number of carbonyl (C=O) groups is 1. The molecule has 0 atom stereocenters. The van der Waals surface area contributed by atoms with Crippen molar-refractivity contribution in [3.05, 3.63) is 30.9 Å². The zero-order chi connectivity index (χ0) is 13.0. The van der Waals surface area contributed by atoms with Crippen molar-refractivity contribution in [2.24, 2.45) is 0 Å². The first-order valence-electron chi connectivity index (χ1n) is 5.24. The number of carbonyl (C=O) groups excluding carboxylic acids is 1. The van der Waals surface area contributed by atoms with Crippen molar-refractivity contribution < 1.29 is 15.0 Å². The van der Waals surface area contributed by atoms with Gasteiger partial charge in [-0.25, -0.2) is 4.98 Å². The summed E-state index contributed by atoms with van der Waals surface area (Å²) in [6.45, 7) is 3.73. The first-order valence-corrected chi connectivity index (χ1v) is 7.04. The molecule has 2 aromatic rings. The standard InChI is InChI=1S/C12H12N2O2S2.H2O/c1-2-5-16-11(15)7-17-12-14-9-4-3-8(13)6-10(9)18-12;/h2-4,6H,1,5,7,13H2;1H2. The van der Waals surface area contributed by atoms with Crippen molar-refractivity contribution in [3.8, 4) is 0 Å². The smallest absolute Gasteiger partial charge is 0.316 e. The van der Waals surface area contributed by atoms with E-state index in [-0.39, 0.29) is 23.8 Å². The van der Waals surface area contributed by atoms with Crippen LogP contribution in [0, 0.1) is 0 Å². The summed E-state index contributed by atoms with van der Waals surface area (Å²) in [4.78, 5) is 15.7. The first kappa shape index (κ1) is 15.5. The van der Waals surface area contributed by atoms with Crippen LogP contribution < -0.4 is 5.73 Å². The Morgan fingerprint density at radius 1 is 1.58 bits per heavy atom. The Hall–Kier alpha value is -1.57. The second kappa shape index (κ2) is 7.13. The van der Waals surface area contributed by atoms with Gasteiger partial charge in [-0.3, -0.25) is 4.79 Å². The molecule has 1 aromatic carbocycles. The lowest BCUT2D eigenvalue weighted by Crippen LogP contribution is -2.06. The van der Waals surface area contributed by atoms with Crippen molar-refractivity contribution in [1.82, 2.24) is 4.98 Å². The van der Waals surface area contributed by atoms with E-state index in [4.69, 9.17) is 10.5 Å². The van der Waals surface area contributed by atoms with Crippen LogP contribution in [-0.4, -0.2) is 28.8 Å². The van der Waals surface area contributed by atoms with Gasteiger partial charge in [0.2, 0.25) is 0 Å². The van der Waals surface area contributed by atoms with E-state index in [1.54, 1.807) is 6.08 Å². The van der Waals surface area contributed by atoms with Crippen LogP contribution in [0.15, 0.2) is 35.2 Å². The summed E-state index contributed by atoms with van der Waals surface area (Å²) in [6, 6.07) is 5.57. The average Bonchev–Trinajstić information content (AvgIpc) is 2.75. The van der Waals surface area contributed by atoms with E-state index in [1.165, 1.54) is 23.1 Å². The fourth-order valence-corrected chi connectivity index (χ4v) is 3.21. The maximum absolute atomic E-state index is 11.3. The Bertz CT molecular complexity index is 583. The number of rotatable bonds is 5. The van der Waals surface area contributed by atoms with Gasteiger partial charge in [0.25, 0.3) is 0 Å². The van der Waals surface area contributed by atoms with Crippen LogP contribution in [0.4, 0.5) is 5.69 Å². The molecule has 102 valence electrons. The molecule has 0 unspecified atom stereocenters. The molecule has 0 saturated carbocycles. The van der Waals surface area contributed by atoms with Gasteiger partial charge in [-0.1, -0.05) is 24.4 Å². The van der Waals surface area contributed by atoms with Crippen molar-refractivity contribution in [2.45, 2.75) is 4.34 Å². The van der Waals surface area contributed by atoms with Crippen LogP contribution in [0.25, 0.3) is 10.2 Å². The predicted octanol–water partition coefficient (Wildman–Crippen LogP) is 1.88. The lowest BCUT2D eigenvalue weighted by Gasteiger charge is -1.98. The topological polar surface area (TPSA) is 96.7 Å². The van der Waals surface area contributed by atoms with E-state index < -0.39 is 0 Å². The number of benzene rings is 1. The highest BCUT2D eigenvalue weighted by atomic mass is 32.2. The second-order valence-corrected chi connectivity index (χ2v) is 5.72. The summed E-state index contributed by atoms with van der Waals surface area (Å²) < 4.78 is 6.75. The molecule has 5 nitrogen and oxygen atoms in total. The van der Waals surface area contributed by atoms with Crippen LogP contribution in [0.1, 0.15) is 0 Å². The molecular formula is C12H14N2O3S2. The van der Waals surface area contributed by atoms with Gasteiger partial charge in [0.05, 0.1) is 16.0 Å². The SMILES string of the molecule is C=CCOC(=O)CSc1nc2ccc(N)cc2s1.O. The van der Waals surface area contributed by atoms with Crippen molar-refractivity contribution >= 4 is 45.0 Å². The van der Waals surface area contributed by atoms with Crippen LogP contribution in [-0.2, 0) is 9.53 Å². The molecule has 0 amide bonds. The number of nitrogens with two attached hydrogens (primary N) is 1. The third-order valence-corrected chi connectivity index (χ3v) is 4.20. The Kier molecular flexibility index (Phi) is 5.81. The largest absolute Gasteiger partial charge is 0.461 e. The number of thioether (sulfide) groups is 1. The average molecular weight is 298 g/mol. The maximum Gasteiger partial charge on any atom is 0.316 e. The van der Waals surface area contributed by atoms with Gasteiger partial charge in [-0.15, -0.1) is 11.3 Å². The number of nitrogen functional groups attached to an aromatic ring is 1. The minimum Gasteiger partial charge on any atom is -0.461 e. The van der Waals surface area contributed by atoms with E-state index in [0.717, 1.165) is 14.6 Å². The van der Waals surface area contributed by atoms with Gasteiger partial charge in [0, 0.05) is 5.69 Å². The normalized spacial score (nSPS) is 9.89. The molecule has 0 aliphatic carbocycles. The van der Waals surface area contributed by atoms with Gasteiger partial charge in [-0.05, 0) is 18.2 Å². The Morgan fingerprint density at radius 2 is 2.37 bits per heavy atom. The molecule has 0 aliphatic rings. The lowest BCUT2D eigenvalue weighted by molar-refractivity contribution is -0.139. The van der Waals surface area contributed by atoms with E-state index in [9.17, 15) is 4.79 Å². The molecular weight excluding hydrogens is 284 g/mol. The molecule has 0 fully saturated rings. The monoisotopic (exact) mass is 298 g/mol. The highest BCUT2D eigenvalue weighted by Gasteiger charge is 2.08. The maximum atomic E-state index is 11.3. The third kappa shape index (κ3) is 4.23. The number of thiazole rings is 1. The van der Waals surface area contributed by atoms with E-state index in [1.807, 2.05) is 18.2 Å². The van der Waals surface area contributed by atoms with Gasteiger partial charge < -0.3 is 15.9 Å². The molecule has 4 N–H and O–H groups in total.